The van der Waals surface area contributed by atoms with E-state index >= 15 is 0 Å². The first-order valence-electron chi connectivity index (χ1n) is 4.50. The highest BCUT2D eigenvalue weighted by Gasteiger charge is 2.25. The molecule has 1 aliphatic rings. The van der Waals surface area contributed by atoms with Gasteiger partial charge in [0, 0.05) is 24.7 Å². The van der Waals surface area contributed by atoms with Crippen molar-refractivity contribution in [3.05, 3.63) is 30.1 Å². The van der Waals surface area contributed by atoms with E-state index in [1.54, 1.807) is 0 Å². The number of anilines is 1. The molecule has 0 aliphatic carbocycles. The minimum absolute atomic E-state index is 0.181. The van der Waals surface area contributed by atoms with E-state index < -0.39 is 0 Å². The van der Waals surface area contributed by atoms with Crippen molar-refractivity contribution >= 4 is 5.69 Å². The smallest absolute Gasteiger partial charge is 0.123 e. The Morgan fingerprint density at radius 2 is 1.92 bits per heavy atom. The van der Waals surface area contributed by atoms with Crippen LogP contribution in [0.5, 0.6) is 0 Å². The average molecular weight is 180 g/mol. The van der Waals surface area contributed by atoms with Crippen LogP contribution in [0.25, 0.3) is 0 Å². The lowest BCUT2D eigenvalue weighted by Crippen LogP contribution is -2.49. The largest absolute Gasteiger partial charge is 0.371 e. The molecule has 13 heavy (non-hydrogen) atoms. The van der Waals surface area contributed by atoms with Gasteiger partial charge >= 0.3 is 0 Å². The minimum atomic E-state index is -0.181. The third-order valence-corrected chi connectivity index (χ3v) is 2.48. The molecule has 0 amide bonds. The molecule has 0 atom stereocenters. The summed E-state index contributed by atoms with van der Waals surface area (Å²) in [5.41, 5.74) is 6.60. The maximum Gasteiger partial charge on any atom is 0.123 e. The van der Waals surface area contributed by atoms with Crippen LogP contribution < -0.4 is 10.6 Å². The Morgan fingerprint density at radius 3 is 2.46 bits per heavy atom. The Morgan fingerprint density at radius 1 is 1.31 bits per heavy atom. The molecule has 0 aromatic heterocycles. The van der Waals surface area contributed by atoms with Crippen molar-refractivity contribution in [3.63, 3.8) is 0 Å². The average Bonchev–Trinajstić information content (AvgIpc) is 2.06. The molecule has 1 saturated heterocycles. The molecule has 2 nitrogen and oxygen atoms in total. The van der Waals surface area contributed by atoms with Crippen molar-refractivity contribution in [2.45, 2.75) is 0 Å². The fourth-order valence-corrected chi connectivity index (χ4v) is 1.58. The Balaban J connectivity index is 1.99. The molecular weight excluding hydrogens is 167 g/mol. The van der Waals surface area contributed by atoms with E-state index in [1.807, 2.05) is 12.1 Å². The molecular formula is C10H13FN2. The second-order valence-corrected chi connectivity index (χ2v) is 3.48. The molecule has 2 rings (SSSR count). The van der Waals surface area contributed by atoms with Crippen molar-refractivity contribution in [2.24, 2.45) is 11.7 Å². The van der Waals surface area contributed by atoms with Crippen molar-refractivity contribution in [1.82, 2.24) is 0 Å². The molecule has 70 valence electrons. The number of nitrogens with two attached hydrogens (primary N) is 1. The maximum atomic E-state index is 12.6. The van der Waals surface area contributed by atoms with Crippen molar-refractivity contribution in [2.75, 3.05) is 24.5 Å². The Bertz CT molecular complexity index is 277. The van der Waals surface area contributed by atoms with Crippen LogP contribution in [0.2, 0.25) is 0 Å². The predicted octanol–water partition coefficient (Wildman–Crippen LogP) is 1.22. The highest BCUT2D eigenvalue weighted by Crippen LogP contribution is 2.23. The van der Waals surface area contributed by atoms with Gasteiger partial charge in [-0.1, -0.05) is 0 Å². The van der Waals surface area contributed by atoms with Crippen LogP contribution in [0.3, 0.4) is 0 Å². The molecule has 0 bridgehead atoms. The summed E-state index contributed by atoms with van der Waals surface area (Å²) >= 11 is 0. The Kier molecular flexibility index (Phi) is 2.19. The van der Waals surface area contributed by atoms with Crippen LogP contribution in [0.15, 0.2) is 24.3 Å². The zero-order valence-electron chi connectivity index (χ0n) is 7.41. The number of nitrogens with zero attached hydrogens (tertiary/aromatic N) is 1. The highest BCUT2D eigenvalue weighted by atomic mass is 19.1. The number of halogens is 1. The van der Waals surface area contributed by atoms with Gasteiger partial charge in [-0.05, 0) is 30.8 Å². The van der Waals surface area contributed by atoms with Crippen LogP contribution in [-0.4, -0.2) is 19.6 Å². The summed E-state index contributed by atoms with van der Waals surface area (Å²) in [6, 6.07) is 6.60. The van der Waals surface area contributed by atoms with Gasteiger partial charge in [-0.3, -0.25) is 0 Å². The maximum absolute atomic E-state index is 12.6. The summed E-state index contributed by atoms with van der Waals surface area (Å²) < 4.78 is 12.6. The van der Waals surface area contributed by atoms with Gasteiger partial charge in [-0.25, -0.2) is 4.39 Å². The summed E-state index contributed by atoms with van der Waals surface area (Å²) in [5, 5.41) is 0. The second-order valence-electron chi connectivity index (χ2n) is 3.48. The predicted molar refractivity (Wildman–Crippen MR) is 51.2 cm³/mol. The molecule has 2 N–H and O–H groups in total. The van der Waals surface area contributed by atoms with Crippen LogP contribution in [0.4, 0.5) is 10.1 Å². The van der Waals surface area contributed by atoms with E-state index in [0.29, 0.717) is 5.92 Å². The number of rotatable bonds is 2. The Hall–Kier alpha value is -1.09. The van der Waals surface area contributed by atoms with Gasteiger partial charge in [-0.2, -0.15) is 0 Å². The monoisotopic (exact) mass is 180 g/mol. The fourth-order valence-electron chi connectivity index (χ4n) is 1.58. The summed E-state index contributed by atoms with van der Waals surface area (Å²) in [6.07, 6.45) is 0. The zero-order valence-corrected chi connectivity index (χ0v) is 7.41. The normalized spacial score (nSPS) is 17.2. The summed E-state index contributed by atoms with van der Waals surface area (Å²) in [7, 11) is 0. The number of hydrogen-bond acceptors (Lipinski definition) is 2. The first-order valence-corrected chi connectivity index (χ1v) is 4.50. The highest BCUT2D eigenvalue weighted by molar-refractivity contribution is 5.48. The molecule has 1 aromatic carbocycles. The zero-order chi connectivity index (χ0) is 9.26. The van der Waals surface area contributed by atoms with E-state index in [2.05, 4.69) is 4.90 Å². The lowest BCUT2D eigenvalue weighted by atomic mass is 10.00. The standard InChI is InChI=1S/C10H13FN2/c11-9-1-3-10(4-2-9)13-6-8(5-12)7-13/h1-4,8H,5-7,12H2. The lowest BCUT2D eigenvalue weighted by Gasteiger charge is -2.40. The third kappa shape index (κ3) is 1.65. The van der Waals surface area contributed by atoms with Gasteiger partial charge in [-0.15, -0.1) is 0 Å². The van der Waals surface area contributed by atoms with Crippen LogP contribution in [0.1, 0.15) is 0 Å². The van der Waals surface area contributed by atoms with E-state index in [4.69, 9.17) is 5.73 Å². The molecule has 3 heteroatoms. The van der Waals surface area contributed by atoms with Gasteiger partial charge in [0.2, 0.25) is 0 Å². The van der Waals surface area contributed by atoms with Crippen molar-refractivity contribution in [3.8, 4) is 0 Å². The van der Waals surface area contributed by atoms with E-state index in [0.717, 1.165) is 25.3 Å². The first-order chi connectivity index (χ1) is 6.29. The molecule has 0 unspecified atom stereocenters. The molecule has 0 spiro atoms. The third-order valence-electron chi connectivity index (χ3n) is 2.48. The van der Waals surface area contributed by atoms with Gasteiger partial charge < -0.3 is 10.6 Å². The van der Waals surface area contributed by atoms with Crippen molar-refractivity contribution < 1.29 is 4.39 Å². The van der Waals surface area contributed by atoms with Crippen LogP contribution in [0, 0.1) is 11.7 Å². The number of hydrogen-bond donors (Lipinski definition) is 1. The molecule has 1 aromatic rings. The summed E-state index contributed by atoms with van der Waals surface area (Å²) in [5.74, 6) is 0.435. The fraction of sp³-hybridized carbons (Fsp3) is 0.400. The second kappa shape index (κ2) is 3.34. The van der Waals surface area contributed by atoms with Crippen molar-refractivity contribution in [1.29, 1.82) is 0 Å². The molecule has 0 saturated carbocycles. The van der Waals surface area contributed by atoms with E-state index in [9.17, 15) is 4.39 Å². The van der Waals surface area contributed by atoms with E-state index in [-0.39, 0.29) is 5.82 Å². The summed E-state index contributed by atoms with van der Waals surface area (Å²) in [6.45, 7) is 2.75. The Labute approximate surface area is 77.2 Å². The van der Waals surface area contributed by atoms with E-state index in [1.165, 1.54) is 12.1 Å². The minimum Gasteiger partial charge on any atom is -0.371 e. The first kappa shape index (κ1) is 8.51. The number of benzene rings is 1. The van der Waals surface area contributed by atoms with Gasteiger partial charge in [0.1, 0.15) is 5.82 Å². The molecule has 1 heterocycles. The summed E-state index contributed by atoms with van der Waals surface area (Å²) in [4.78, 5) is 2.21. The lowest BCUT2D eigenvalue weighted by molar-refractivity contribution is 0.420. The molecule has 1 fully saturated rings. The van der Waals surface area contributed by atoms with Gasteiger partial charge in [0.25, 0.3) is 0 Å². The van der Waals surface area contributed by atoms with Crippen LogP contribution >= 0.6 is 0 Å². The SMILES string of the molecule is NCC1CN(c2ccc(F)cc2)C1. The van der Waals surface area contributed by atoms with Gasteiger partial charge in [0.15, 0.2) is 0 Å². The molecule has 0 radical (unpaired) electrons. The van der Waals surface area contributed by atoms with Crippen LogP contribution in [-0.2, 0) is 0 Å². The quantitative estimate of drug-likeness (QED) is 0.741. The topological polar surface area (TPSA) is 29.3 Å². The van der Waals surface area contributed by atoms with Gasteiger partial charge in [0.05, 0.1) is 0 Å². The molecule has 1 aliphatic heterocycles.